The van der Waals surface area contributed by atoms with E-state index in [1.165, 1.54) is 6.07 Å². The number of benzene rings is 3. The second kappa shape index (κ2) is 15.1. The number of aryl methyl sites for hydroxylation is 1. The van der Waals surface area contributed by atoms with Crippen LogP contribution in [0.4, 0.5) is 5.95 Å². The number of carbonyl (C=O) groups excluding carboxylic acids is 2. The van der Waals surface area contributed by atoms with Gasteiger partial charge in [-0.2, -0.15) is 0 Å². The van der Waals surface area contributed by atoms with Crippen LogP contribution in [0.1, 0.15) is 46.7 Å². The minimum Gasteiger partial charge on any atom is -0.370 e. The summed E-state index contributed by atoms with van der Waals surface area (Å²) in [5, 5.41) is 3.12. The topological polar surface area (TPSA) is 186 Å². The molecule has 4 aromatic rings. The molecule has 228 valence electrons. The fraction of sp³-hybridized carbons (Fsp3) is 0.242. The highest BCUT2D eigenvalue weighted by Crippen LogP contribution is 2.29. The normalized spacial score (nSPS) is 11.5. The first-order chi connectivity index (χ1) is 21.2. The Morgan fingerprint density at radius 1 is 0.909 bits per heavy atom. The maximum atomic E-state index is 14.5. The zero-order chi connectivity index (χ0) is 31.5. The third kappa shape index (κ3) is 8.78. The fourth-order valence-electron chi connectivity index (χ4n) is 5.03. The van der Waals surface area contributed by atoms with Gasteiger partial charge in [0.1, 0.15) is 6.04 Å². The van der Waals surface area contributed by atoms with Crippen molar-refractivity contribution in [3.05, 3.63) is 129 Å². The van der Waals surface area contributed by atoms with Crippen molar-refractivity contribution in [2.24, 2.45) is 22.2 Å². The molecule has 0 unspecified atom stereocenters. The zero-order valence-electron chi connectivity index (χ0n) is 24.6. The molecule has 0 bridgehead atoms. The van der Waals surface area contributed by atoms with Gasteiger partial charge < -0.3 is 27.4 Å². The Morgan fingerprint density at radius 2 is 1.50 bits per heavy atom. The Morgan fingerprint density at radius 3 is 2.05 bits per heavy atom. The van der Waals surface area contributed by atoms with Gasteiger partial charge in [-0.1, -0.05) is 84.9 Å². The average molecular weight is 595 g/mol. The second-order valence-corrected chi connectivity index (χ2v) is 10.5. The van der Waals surface area contributed by atoms with Gasteiger partial charge >= 0.3 is 0 Å². The molecule has 1 aromatic heterocycles. The summed E-state index contributed by atoms with van der Waals surface area (Å²) in [5.41, 5.74) is 20.6. The van der Waals surface area contributed by atoms with Gasteiger partial charge in [0, 0.05) is 31.4 Å². The first kappa shape index (κ1) is 31.5. The fourth-order valence-corrected chi connectivity index (χ4v) is 5.03. The van der Waals surface area contributed by atoms with Crippen molar-refractivity contribution in [1.82, 2.24) is 14.9 Å². The summed E-state index contributed by atoms with van der Waals surface area (Å²) in [5.74, 6) is -1.16. The summed E-state index contributed by atoms with van der Waals surface area (Å²) in [6.45, 7) is 2.64. The number of nitrogens with zero attached hydrogens (tertiary/aromatic N) is 3. The van der Waals surface area contributed by atoms with Crippen molar-refractivity contribution in [2.45, 2.75) is 44.8 Å². The summed E-state index contributed by atoms with van der Waals surface area (Å²) in [6.07, 6.45) is 0.744. The number of guanidine groups is 1. The molecule has 11 nitrogen and oxygen atoms in total. The highest BCUT2D eigenvalue weighted by molar-refractivity contribution is 5.92. The SMILES string of the molecule is Cc1cc(=O)[nH]c(NCc2ccc(CN(C(=O)C(c3ccccc3)c3ccccc3)[C@H](CCCN=C(N)N)C(N)=O)cc2)n1. The van der Waals surface area contributed by atoms with Crippen LogP contribution in [0.15, 0.2) is 101 Å². The van der Waals surface area contributed by atoms with Crippen LogP contribution in [-0.4, -0.2) is 45.2 Å². The molecule has 1 heterocycles. The predicted octanol–water partition coefficient (Wildman–Crippen LogP) is 2.76. The van der Waals surface area contributed by atoms with Gasteiger partial charge in [-0.3, -0.25) is 24.4 Å². The number of nitrogens with two attached hydrogens (primary N) is 3. The van der Waals surface area contributed by atoms with E-state index < -0.39 is 17.9 Å². The molecule has 0 radical (unpaired) electrons. The number of rotatable bonds is 14. The number of nitrogens with one attached hydrogen (secondary N) is 2. The third-order valence-corrected chi connectivity index (χ3v) is 7.14. The van der Waals surface area contributed by atoms with Gasteiger partial charge in [0.25, 0.3) is 5.56 Å². The first-order valence-corrected chi connectivity index (χ1v) is 14.4. The predicted molar refractivity (Wildman–Crippen MR) is 172 cm³/mol. The summed E-state index contributed by atoms with van der Waals surface area (Å²) in [4.78, 5) is 51.7. The van der Waals surface area contributed by atoms with E-state index >= 15 is 0 Å². The van der Waals surface area contributed by atoms with Crippen LogP contribution in [0.3, 0.4) is 0 Å². The molecule has 0 aliphatic heterocycles. The van der Waals surface area contributed by atoms with Crippen LogP contribution >= 0.6 is 0 Å². The molecule has 0 spiro atoms. The minimum absolute atomic E-state index is 0.0408. The van der Waals surface area contributed by atoms with E-state index in [-0.39, 0.29) is 30.4 Å². The smallest absolute Gasteiger partial charge is 0.252 e. The van der Waals surface area contributed by atoms with Crippen LogP contribution in [0, 0.1) is 6.92 Å². The quantitative estimate of drug-likeness (QED) is 0.0844. The van der Waals surface area contributed by atoms with E-state index in [0.29, 0.717) is 31.2 Å². The molecule has 44 heavy (non-hydrogen) atoms. The number of primary amides is 1. The lowest BCUT2D eigenvalue weighted by Crippen LogP contribution is -2.49. The van der Waals surface area contributed by atoms with Crippen molar-refractivity contribution >= 4 is 23.7 Å². The molecule has 0 saturated carbocycles. The lowest BCUT2D eigenvalue weighted by molar-refractivity contribution is -0.141. The number of aromatic nitrogens is 2. The number of amides is 2. The number of aromatic amines is 1. The van der Waals surface area contributed by atoms with Gasteiger partial charge in [0.15, 0.2) is 5.96 Å². The summed E-state index contributed by atoms with van der Waals surface area (Å²) >= 11 is 0. The second-order valence-electron chi connectivity index (χ2n) is 10.5. The van der Waals surface area contributed by atoms with Gasteiger partial charge in [0.2, 0.25) is 17.8 Å². The molecule has 3 aromatic carbocycles. The monoisotopic (exact) mass is 594 g/mol. The van der Waals surface area contributed by atoms with Crippen molar-refractivity contribution in [1.29, 1.82) is 0 Å². The standard InChI is InChI=1S/C33H38N8O3/c1-22-19-28(42)40-33(39-22)38-20-23-14-16-24(17-15-23)21-41(27(30(34)43)13-8-18-37-32(35)36)31(44)29(25-9-4-2-5-10-25)26-11-6-3-7-12-26/h2-7,9-12,14-17,19,27,29H,8,13,18,20-21H2,1H3,(H2,34,43)(H4,35,36,37)(H2,38,39,40,42)/t27-/m1/s1. The van der Waals surface area contributed by atoms with Gasteiger partial charge in [0.05, 0.1) is 5.92 Å². The molecule has 4 rings (SSSR count). The van der Waals surface area contributed by atoms with Crippen LogP contribution < -0.4 is 28.1 Å². The molecule has 0 aliphatic rings. The number of H-pyrrole nitrogens is 1. The van der Waals surface area contributed by atoms with E-state index in [2.05, 4.69) is 20.3 Å². The molecule has 8 N–H and O–H groups in total. The molecular weight excluding hydrogens is 556 g/mol. The van der Waals surface area contributed by atoms with Crippen molar-refractivity contribution in [3.8, 4) is 0 Å². The Balaban J connectivity index is 1.62. The summed E-state index contributed by atoms with van der Waals surface area (Å²) in [7, 11) is 0. The lowest BCUT2D eigenvalue weighted by atomic mass is 9.89. The highest BCUT2D eigenvalue weighted by atomic mass is 16.2. The van der Waals surface area contributed by atoms with E-state index in [1.807, 2.05) is 84.9 Å². The Hall–Kier alpha value is -5.45. The molecule has 11 heteroatoms. The number of aliphatic imine (C=N–C) groups is 1. The van der Waals surface area contributed by atoms with E-state index in [1.54, 1.807) is 11.8 Å². The molecule has 1 atom stereocenters. The molecule has 0 saturated heterocycles. The Bertz CT molecular complexity index is 1580. The van der Waals surface area contributed by atoms with Crippen LogP contribution in [0.2, 0.25) is 0 Å². The maximum Gasteiger partial charge on any atom is 0.252 e. The van der Waals surface area contributed by atoms with Crippen LogP contribution in [-0.2, 0) is 22.7 Å². The highest BCUT2D eigenvalue weighted by Gasteiger charge is 2.34. The number of carbonyl (C=O) groups is 2. The zero-order valence-corrected chi connectivity index (χ0v) is 24.6. The van der Waals surface area contributed by atoms with E-state index in [0.717, 1.165) is 22.3 Å². The maximum absolute atomic E-state index is 14.5. The average Bonchev–Trinajstić information content (AvgIpc) is 3.00. The number of anilines is 1. The van der Waals surface area contributed by atoms with Crippen molar-refractivity contribution in [3.63, 3.8) is 0 Å². The molecular formula is C33H38N8O3. The number of hydrogen-bond acceptors (Lipinski definition) is 6. The largest absolute Gasteiger partial charge is 0.370 e. The molecule has 2 amide bonds. The minimum atomic E-state index is -0.891. The van der Waals surface area contributed by atoms with Crippen LogP contribution in [0.25, 0.3) is 0 Å². The van der Waals surface area contributed by atoms with Crippen LogP contribution in [0.5, 0.6) is 0 Å². The van der Waals surface area contributed by atoms with Crippen molar-refractivity contribution in [2.75, 3.05) is 11.9 Å². The van der Waals surface area contributed by atoms with E-state index in [4.69, 9.17) is 17.2 Å². The third-order valence-electron chi connectivity index (χ3n) is 7.14. The lowest BCUT2D eigenvalue weighted by Gasteiger charge is -2.33. The summed E-state index contributed by atoms with van der Waals surface area (Å²) < 4.78 is 0. The van der Waals surface area contributed by atoms with Gasteiger partial charge in [-0.25, -0.2) is 4.98 Å². The Kier molecular flexibility index (Phi) is 10.8. The molecule has 0 aliphatic carbocycles. The first-order valence-electron chi connectivity index (χ1n) is 14.4. The number of hydrogen-bond donors (Lipinski definition) is 5. The van der Waals surface area contributed by atoms with Crippen molar-refractivity contribution < 1.29 is 9.59 Å². The Labute approximate surface area is 256 Å². The van der Waals surface area contributed by atoms with E-state index in [9.17, 15) is 14.4 Å². The molecule has 0 fully saturated rings. The van der Waals surface area contributed by atoms with Gasteiger partial charge in [-0.15, -0.1) is 0 Å². The summed E-state index contributed by atoms with van der Waals surface area (Å²) in [6, 6.07) is 27.1. The van der Waals surface area contributed by atoms with Gasteiger partial charge in [-0.05, 0) is 42.0 Å².